The fourth-order valence-electron chi connectivity index (χ4n) is 1.20. The maximum atomic E-state index is 11.2. The smallest absolute Gasteiger partial charge is 0.338 e. The number of aliphatic hydroxyl groups is 1. The van der Waals surface area contributed by atoms with Crippen LogP contribution in [-0.4, -0.2) is 28.6 Å². The largest absolute Gasteiger partial charge is 0.478 e. The van der Waals surface area contributed by atoms with Crippen molar-refractivity contribution < 1.29 is 19.8 Å². The molecule has 0 rings (SSSR count). The van der Waals surface area contributed by atoms with Crippen LogP contribution in [0.3, 0.4) is 0 Å². The standard InChI is InChI=1S/C11H18O4/c1-9(11(14)15)10(13)7-5-3-2-4-6-8-12/h12H,1-8H2,(H,14,15). The van der Waals surface area contributed by atoms with Crippen molar-refractivity contribution in [1.82, 2.24) is 0 Å². The van der Waals surface area contributed by atoms with Crippen LogP contribution in [0.5, 0.6) is 0 Å². The first-order chi connectivity index (χ1) is 7.09. The summed E-state index contributed by atoms with van der Waals surface area (Å²) in [5.74, 6) is -1.62. The highest BCUT2D eigenvalue weighted by atomic mass is 16.4. The summed E-state index contributed by atoms with van der Waals surface area (Å²) >= 11 is 0. The molecule has 0 heterocycles. The molecule has 0 spiro atoms. The summed E-state index contributed by atoms with van der Waals surface area (Å²) in [5, 5.41) is 17.0. The Bertz CT molecular complexity index is 233. The molecule has 0 amide bonds. The van der Waals surface area contributed by atoms with Crippen LogP contribution in [0.1, 0.15) is 38.5 Å². The number of hydrogen-bond acceptors (Lipinski definition) is 3. The second-order valence-electron chi connectivity index (χ2n) is 3.45. The molecule has 4 nitrogen and oxygen atoms in total. The number of aliphatic hydroxyl groups excluding tert-OH is 1. The third kappa shape index (κ3) is 6.85. The van der Waals surface area contributed by atoms with E-state index in [0.29, 0.717) is 6.42 Å². The Morgan fingerprint density at radius 2 is 1.53 bits per heavy atom. The van der Waals surface area contributed by atoms with Crippen molar-refractivity contribution in [1.29, 1.82) is 0 Å². The van der Waals surface area contributed by atoms with E-state index in [9.17, 15) is 9.59 Å². The van der Waals surface area contributed by atoms with E-state index in [1.165, 1.54) is 0 Å². The van der Waals surface area contributed by atoms with Gasteiger partial charge in [0.1, 0.15) is 0 Å². The van der Waals surface area contributed by atoms with Gasteiger partial charge in [-0.2, -0.15) is 0 Å². The molecule has 0 aromatic carbocycles. The van der Waals surface area contributed by atoms with Gasteiger partial charge in [0.05, 0.1) is 5.57 Å². The van der Waals surface area contributed by atoms with Gasteiger partial charge in [0, 0.05) is 13.0 Å². The minimum atomic E-state index is -1.24. The molecule has 2 N–H and O–H groups in total. The summed E-state index contributed by atoms with van der Waals surface area (Å²) in [6.45, 7) is 3.40. The predicted molar refractivity (Wildman–Crippen MR) is 56.6 cm³/mol. The molecule has 0 bridgehead atoms. The summed E-state index contributed by atoms with van der Waals surface area (Å²) in [6.07, 6.45) is 4.53. The number of rotatable bonds is 9. The van der Waals surface area contributed by atoms with E-state index < -0.39 is 5.97 Å². The first-order valence-corrected chi connectivity index (χ1v) is 5.16. The fraction of sp³-hybridized carbons (Fsp3) is 0.636. The molecule has 0 aliphatic rings. The predicted octanol–water partition coefficient (Wildman–Crippen LogP) is 1.53. The highest BCUT2D eigenvalue weighted by molar-refractivity contribution is 6.15. The number of carbonyl (C=O) groups excluding carboxylic acids is 1. The van der Waals surface area contributed by atoms with Gasteiger partial charge in [0.2, 0.25) is 0 Å². The lowest BCUT2D eigenvalue weighted by molar-refractivity contribution is -0.134. The first-order valence-electron chi connectivity index (χ1n) is 5.16. The zero-order valence-corrected chi connectivity index (χ0v) is 8.87. The number of carboxylic acids is 1. The lowest BCUT2D eigenvalue weighted by Crippen LogP contribution is -2.10. The van der Waals surface area contributed by atoms with Crippen molar-refractivity contribution in [2.45, 2.75) is 38.5 Å². The zero-order valence-electron chi connectivity index (χ0n) is 8.87. The molecule has 0 saturated heterocycles. The van der Waals surface area contributed by atoms with E-state index >= 15 is 0 Å². The van der Waals surface area contributed by atoms with Crippen molar-refractivity contribution in [3.63, 3.8) is 0 Å². The van der Waals surface area contributed by atoms with E-state index in [4.69, 9.17) is 10.2 Å². The van der Waals surface area contributed by atoms with Gasteiger partial charge in [-0.15, -0.1) is 0 Å². The van der Waals surface area contributed by atoms with Crippen molar-refractivity contribution in [2.75, 3.05) is 6.61 Å². The number of hydrogen-bond donors (Lipinski definition) is 2. The normalized spacial score (nSPS) is 9.93. The number of aliphatic carboxylic acids is 1. The van der Waals surface area contributed by atoms with Gasteiger partial charge in [0.15, 0.2) is 5.78 Å². The van der Waals surface area contributed by atoms with Crippen LogP contribution in [0, 0.1) is 0 Å². The lowest BCUT2D eigenvalue weighted by Gasteiger charge is -2.00. The third-order valence-electron chi connectivity index (χ3n) is 2.16. The van der Waals surface area contributed by atoms with Crippen molar-refractivity contribution in [3.8, 4) is 0 Å². The van der Waals surface area contributed by atoms with Gasteiger partial charge in [-0.25, -0.2) is 4.79 Å². The van der Waals surface area contributed by atoms with Crippen molar-refractivity contribution in [2.24, 2.45) is 0 Å². The maximum absolute atomic E-state index is 11.2. The van der Waals surface area contributed by atoms with Crippen LogP contribution in [0.15, 0.2) is 12.2 Å². The molecule has 0 unspecified atom stereocenters. The average Bonchev–Trinajstić information content (AvgIpc) is 2.21. The number of ketones is 1. The van der Waals surface area contributed by atoms with Gasteiger partial charge in [-0.3, -0.25) is 4.79 Å². The number of Topliss-reactive ketones (excluding diaryl/α,β-unsaturated/α-hetero) is 1. The van der Waals surface area contributed by atoms with Gasteiger partial charge in [-0.05, 0) is 12.8 Å². The first kappa shape index (κ1) is 13.8. The Balaban J connectivity index is 3.47. The molecular formula is C11H18O4. The summed E-state index contributed by atoms with van der Waals surface area (Å²) in [7, 11) is 0. The second kappa shape index (κ2) is 8.17. The molecule has 0 fully saturated rings. The van der Waals surface area contributed by atoms with Crippen molar-refractivity contribution >= 4 is 11.8 Å². The third-order valence-corrected chi connectivity index (χ3v) is 2.16. The molecule has 0 aliphatic heterocycles. The molecule has 86 valence electrons. The second-order valence-corrected chi connectivity index (χ2v) is 3.45. The SMILES string of the molecule is C=C(C(=O)O)C(=O)CCCCCCCO. The van der Waals surface area contributed by atoms with E-state index in [0.717, 1.165) is 25.7 Å². The van der Waals surface area contributed by atoms with Gasteiger partial charge in [0.25, 0.3) is 0 Å². The van der Waals surface area contributed by atoms with E-state index in [2.05, 4.69) is 6.58 Å². The van der Waals surface area contributed by atoms with Crippen molar-refractivity contribution in [3.05, 3.63) is 12.2 Å². The number of carboxylic acid groups (broad SMARTS) is 1. The Morgan fingerprint density at radius 1 is 1.00 bits per heavy atom. The van der Waals surface area contributed by atoms with E-state index in [1.54, 1.807) is 0 Å². The topological polar surface area (TPSA) is 74.6 Å². The van der Waals surface area contributed by atoms with Gasteiger partial charge in [-0.1, -0.05) is 25.8 Å². The maximum Gasteiger partial charge on any atom is 0.338 e. The Morgan fingerprint density at radius 3 is 2.07 bits per heavy atom. The average molecular weight is 214 g/mol. The number of carbonyl (C=O) groups is 2. The summed E-state index contributed by atoms with van der Waals surface area (Å²) in [4.78, 5) is 21.5. The monoisotopic (exact) mass is 214 g/mol. The molecular weight excluding hydrogens is 196 g/mol. The molecule has 4 heteroatoms. The highest BCUT2D eigenvalue weighted by Crippen LogP contribution is 2.08. The zero-order chi connectivity index (χ0) is 11.7. The van der Waals surface area contributed by atoms with Crippen LogP contribution in [0.25, 0.3) is 0 Å². The molecule has 0 aliphatic carbocycles. The Labute approximate surface area is 89.6 Å². The molecule has 0 saturated carbocycles. The van der Waals surface area contributed by atoms with Gasteiger partial charge >= 0.3 is 5.97 Å². The Kier molecular flexibility index (Phi) is 7.54. The fourth-order valence-corrected chi connectivity index (χ4v) is 1.20. The van der Waals surface area contributed by atoms with Crippen LogP contribution in [-0.2, 0) is 9.59 Å². The molecule has 15 heavy (non-hydrogen) atoms. The molecule has 0 atom stereocenters. The highest BCUT2D eigenvalue weighted by Gasteiger charge is 2.13. The van der Waals surface area contributed by atoms with Crippen LogP contribution in [0.4, 0.5) is 0 Å². The molecule has 0 aromatic rings. The van der Waals surface area contributed by atoms with E-state index in [1.807, 2.05) is 0 Å². The number of unbranched alkanes of at least 4 members (excludes halogenated alkanes) is 4. The lowest BCUT2D eigenvalue weighted by atomic mass is 10.1. The van der Waals surface area contributed by atoms with Crippen LogP contribution >= 0.6 is 0 Å². The minimum absolute atomic E-state index is 0.203. The summed E-state index contributed by atoms with van der Waals surface area (Å²) in [6, 6.07) is 0. The van der Waals surface area contributed by atoms with E-state index in [-0.39, 0.29) is 24.4 Å². The molecule has 0 aromatic heterocycles. The summed E-state index contributed by atoms with van der Waals surface area (Å²) in [5.41, 5.74) is -0.328. The minimum Gasteiger partial charge on any atom is -0.478 e. The van der Waals surface area contributed by atoms with Gasteiger partial charge < -0.3 is 10.2 Å². The summed E-state index contributed by atoms with van der Waals surface area (Å²) < 4.78 is 0. The Hall–Kier alpha value is -1.16. The quantitative estimate of drug-likeness (QED) is 0.264. The van der Waals surface area contributed by atoms with Crippen LogP contribution in [0.2, 0.25) is 0 Å². The van der Waals surface area contributed by atoms with Crippen LogP contribution < -0.4 is 0 Å². The molecule has 0 radical (unpaired) electrons.